The number of methoxy groups -OCH3 is 1. The van der Waals surface area contributed by atoms with E-state index in [0.717, 1.165) is 23.1 Å². The Morgan fingerprint density at radius 2 is 1.81 bits per heavy atom. The van der Waals surface area contributed by atoms with Gasteiger partial charge >= 0.3 is 0 Å². The summed E-state index contributed by atoms with van der Waals surface area (Å²) in [7, 11) is -2.13. The summed E-state index contributed by atoms with van der Waals surface area (Å²) in [5.41, 5.74) is 0.775. The molecule has 0 spiro atoms. The summed E-state index contributed by atoms with van der Waals surface area (Å²) in [6.45, 7) is 0.413. The van der Waals surface area contributed by atoms with Crippen molar-refractivity contribution in [3.05, 3.63) is 72.6 Å². The zero-order valence-corrected chi connectivity index (χ0v) is 17.7. The van der Waals surface area contributed by atoms with Gasteiger partial charge in [-0.1, -0.05) is 41.6 Å². The molecule has 0 aliphatic carbocycles. The Morgan fingerprint density at radius 1 is 1.03 bits per heavy atom. The number of nitrogens with zero attached hydrogens (tertiary/aromatic N) is 3. The largest absolute Gasteiger partial charge is 0.497 e. The third-order valence-electron chi connectivity index (χ3n) is 5.61. The van der Waals surface area contributed by atoms with Crippen LogP contribution >= 0.6 is 0 Å². The summed E-state index contributed by atoms with van der Waals surface area (Å²) < 4.78 is 39.4. The predicted octanol–water partition coefficient (Wildman–Crippen LogP) is 4.42. The van der Waals surface area contributed by atoms with Gasteiger partial charge < -0.3 is 9.26 Å². The lowest BCUT2D eigenvalue weighted by Crippen LogP contribution is -2.31. The molecule has 0 N–H and O–H groups in total. The summed E-state index contributed by atoms with van der Waals surface area (Å²) >= 11 is 0. The molecule has 158 valence electrons. The van der Waals surface area contributed by atoms with E-state index in [-0.39, 0.29) is 0 Å². The lowest BCUT2D eigenvalue weighted by Gasteiger charge is -2.22. The highest BCUT2D eigenvalue weighted by atomic mass is 32.2. The van der Waals surface area contributed by atoms with Crippen molar-refractivity contribution in [3.63, 3.8) is 0 Å². The minimum absolute atomic E-state index is 0.299. The minimum Gasteiger partial charge on any atom is -0.497 e. The molecule has 31 heavy (non-hydrogen) atoms. The van der Waals surface area contributed by atoms with Crippen LogP contribution in [0.25, 0.3) is 22.2 Å². The molecule has 2 heterocycles. The SMILES string of the molecule is COc1ccc(-c2noc(C3CCCN3S(=O)(=O)c3cccc4ccccc34)n2)cc1. The topological polar surface area (TPSA) is 85.5 Å². The lowest BCUT2D eigenvalue weighted by molar-refractivity contribution is 0.291. The van der Waals surface area contributed by atoms with Crippen molar-refractivity contribution in [3.8, 4) is 17.1 Å². The van der Waals surface area contributed by atoms with Gasteiger partial charge in [0, 0.05) is 17.5 Å². The third kappa shape index (κ3) is 3.47. The maximum atomic E-state index is 13.6. The zero-order valence-electron chi connectivity index (χ0n) is 16.9. The summed E-state index contributed by atoms with van der Waals surface area (Å²) in [6.07, 6.45) is 1.36. The van der Waals surface area contributed by atoms with Crippen LogP contribution in [0.15, 0.2) is 76.1 Å². The number of rotatable bonds is 5. The van der Waals surface area contributed by atoms with Crippen molar-refractivity contribution in [2.24, 2.45) is 0 Å². The third-order valence-corrected chi connectivity index (χ3v) is 7.58. The number of hydrogen-bond acceptors (Lipinski definition) is 6. The van der Waals surface area contributed by atoms with Gasteiger partial charge in [-0.05, 0) is 48.6 Å². The molecule has 1 atom stereocenters. The highest BCUT2D eigenvalue weighted by molar-refractivity contribution is 7.89. The van der Waals surface area contributed by atoms with Gasteiger partial charge in [0.25, 0.3) is 0 Å². The van der Waals surface area contributed by atoms with E-state index in [9.17, 15) is 8.42 Å². The van der Waals surface area contributed by atoms with Crippen molar-refractivity contribution in [1.82, 2.24) is 14.4 Å². The van der Waals surface area contributed by atoms with E-state index >= 15 is 0 Å². The fourth-order valence-electron chi connectivity index (χ4n) is 4.05. The second-order valence-corrected chi connectivity index (χ2v) is 9.29. The predicted molar refractivity (Wildman–Crippen MR) is 116 cm³/mol. The first kappa shape index (κ1) is 19.7. The molecule has 1 aromatic heterocycles. The van der Waals surface area contributed by atoms with E-state index < -0.39 is 16.1 Å². The number of aromatic nitrogens is 2. The van der Waals surface area contributed by atoms with Crippen LogP contribution in [0.2, 0.25) is 0 Å². The molecular weight excluding hydrogens is 414 g/mol. The molecule has 3 aromatic carbocycles. The second-order valence-electron chi connectivity index (χ2n) is 7.44. The molecule has 1 aliphatic rings. The quantitative estimate of drug-likeness (QED) is 0.461. The average molecular weight is 436 g/mol. The van der Waals surface area contributed by atoms with Gasteiger partial charge in [0.1, 0.15) is 11.8 Å². The summed E-state index contributed by atoms with van der Waals surface area (Å²) in [6, 6.07) is 19.7. The maximum Gasteiger partial charge on any atom is 0.245 e. The van der Waals surface area contributed by atoms with Gasteiger partial charge in [-0.15, -0.1) is 0 Å². The molecule has 1 saturated heterocycles. The normalized spacial score (nSPS) is 17.3. The first-order chi connectivity index (χ1) is 15.1. The number of sulfonamides is 1. The van der Waals surface area contributed by atoms with Gasteiger partial charge in [-0.25, -0.2) is 8.42 Å². The van der Waals surface area contributed by atoms with Crippen LogP contribution in [0.3, 0.4) is 0 Å². The Morgan fingerprint density at radius 3 is 2.61 bits per heavy atom. The Kier molecular flexibility index (Phi) is 4.95. The van der Waals surface area contributed by atoms with Crippen molar-refractivity contribution in [2.45, 2.75) is 23.8 Å². The van der Waals surface area contributed by atoms with Crippen LogP contribution in [-0.4, -0.2) is 36.5 Å². The van der Waals surface area contributed by atoms with E-state index in [0.29, 0.717) is 35.0 Å². The molecule has 4 aromatic rings. The first-order valence-corrected chi connectivity index (χ1v) is 11.5. The van der Waals surface area contributed by atoms with Crippen molar-refractivity contribution >= 4 is 20.8 Å². The fraction of sp³-hybridized carbons (Fsp3) is 0.217. The summed E-state index contributed by atoms with van der Waals surface area (Å²) in [5, 5.41) is 5.67. The van der Waals surface area contributed by atoms with Gasteiger partial charge in [-0.2, -0.15) is 9.29 Å². The van der Waals surface area contributed by atoms with Gasteiger partial charge in [0.05, 0.1) is 12.0 Å². The van der Waals surface area contributed by atoms with Gasteiger partial charge in [0.2, 0.25) is 21.7 Å². The molecule has 7 nitrogen and oxygen atoms in total. The number of hydrogen-bond donors (Lipinski definition) is 0. The monoisotopic (exact) mass is 435 g/mol. The van der Waals surface area contributed by atoms with E-state index in [1.165, 1.54) is 4.31 Å². The molecule has 0 amide bonds. The summed E-state index contributed by atoms with van der Waals surface area (Å²) in [4.78, 5) is 4.81. The second kappa shape index (κ2) is 7.79. The molecule has 8 heteroatoms. The van der Waals surface area contributed by atoms with E-state index in [2.05, 4.69) is 10.1 Å². The highest BCUT2D eigenvalue weighted by Crippen LogP contribution is 2.38. The van der Waals surface area contributed by atoms with Gasteiger partial charge in [0.15, 0.2) is 0 Å². The molecule has 5 rings (SSSR count). The molecular formula is C23H21N3O4S. The Bertz CT molecular complexity index is 1330. The number of benzene rings is 3. The van der Waals surface area contributed by atoms with Crippen LogP contribution in [0.4, 0.5) is 0 Å². The highest BCUT2D eigenvalue weighted by Gasteiger charge is 2.40. The smallest absolute Gasteiger partial charge is 0.245 e. The summed E-state index contributed by atoms with van der Waals surface area (Å²) in [5.74, 6) is 1.47. The van der Waals surface area contributed by atoms with E-state index in [1.807, 2.05) is 54.6 Å². The van der Waals surface area contributed by atoms with E-state index in [4.69, 9.17) is 9.26 Å². The minimum atomic E-state index is -3.74. The van der Waals surface area contributed by atoms with Crippen LogP contribution in [0.1, 0.15) is 24.8 Å². The standard InChI is InChI=1S/C23H21N3O4S/c1-29-18-13-11-17(12-14-18)22-24-23(30-25-22)20-9-5-15-26(20)31(27,28)21-10-4-7-16-6-2-3-8-19(16)21/h2-4,6-8,10-14,20H,5,9,15H2,1H3. The molecule has 0 saturated carbocycles. The molecule has 1 aliphatic heterocycles. The average Bonchev–Trinajstić information content (AvgIpc) is 3.49. The van der Waals surface area contributed by atoms with Crippen LogP contribution in [-0.2, 0) is 10.0 Å². The maximum absolute atomic E-state index is 13.6. The first-order valence-electron chi connectivity index (χ1n) is 10.1. The van der Waals surface area contributed by atoms with Crippen molar-refractivity contribution in [2.75, 3.05) is 13.7 Å². The fourth-order valence-corrected chi connectivity index (χ4v) is 5.92. The number of fused-ring (bicyclic) bond motifs is 1. The van der Waals surface area contributed by atoms with E-state index in [1.54, 1.807) is 19.2 Å². The molecule has 1 fully saturated rings. The zero-order chi connectivity index (χ0) is 21.4. The number of ether oxygens (including phenoxy) is 1. The van der Waals surface area contributed by atoms with Crippen molar-refractivity contribution < 1.29 is 17.7 Å². The van der Waals surface area contributed by atoms with Crippen LogP contribution < -0.4 is 4.74 Å². The van der Waals surface area contributed by atoms with Crippen LogP contribution in [0, 0.1) is 0 Å². The van der Waals surface area contributed by atoms with Crippen molar-refractivity contribution in [1.29, 1.82) is 0 Å². The van der Waals surface area contributed by atoms with Crippen LogP contribution in [0.5, 0.6) is 5.75 Å². The Hall–Kier alpha value is -3.23. The molecule has 1 unspecified atom stereocenters. The Labute approximate surface area is 180 Å². The lowest BCUT2D eigenvalue weighted by atomic mass is 10.1. The Balaban J connectivity index is 1.49. The molecule has 0 radical (unpaired) electrons. The molecule has 0 bridgehead atoms. The van der Waals surface area contributed by atoms with Gasteiger partial charge in [-0.3, -0.25) is 0 Å².